The summed E-state index contributed by atoms with van der Waals surface area (Å²) in [7, 11) is 0. The second kappa shape index (κ2) is 4.92. The van der Waals surface area contributed by atoms with Gasteiger partial charge < -0.3 is 10.0 Å². The molecule has 5 heteroatoms. The minimum atomic E-state index is -0.895. The molecule has 0 radical (unpaired) electrons. The summed E-state index contributed by atoms with van der Waals surface area (Å²) < 4.78 is 0.845. The summed E-state index contributed by atoms with van der Waals surface area (Å²) in [4.78, 5) is 26.5. The zero-order chi connectivity index (χ0) is 15.4. The van der Waals surface area contributed by atoms with Crippen molar-refractivity contribution in [2.45, 2.75) is 38.8 Å². The quantitative estimate of drug-likeness (QED) is 0.846. The van der Waals surface area contributed by atoms with Gasteiger partial charge in [0.15, 0.2) is 5.78 Å². The summed E-state index contributed by atoms with van der Waals surface area (Å²) in [6.45, 7) is 4.13. The first-order valence-corrected chi connectivity index (χ1v) is 7.95. The molecule has 3 rings (SSSR count). The van der Waals surface area contributed by atoms with Gasteiger partial charge in [-0.15, -0.1) is 0 Å². The summed E-state index contributed by atoms with van der Waals surface area (Å²) >= 11 is 3.41. The van der Waals surface area contributed by atoms with E-state index in [4.69, 9.17) is 0 Å². The van der Waals surface area contributed by atoms with Crippen LogP contribution in [0.25, 0.3) is 0 Å². The number of rotatable bonds is 1. The standard InChI is InChI=1S/C16H18BrNO3/c1-16(2)14(20)10-6-5-9(17)8-11(10)13(15(16)21)18-7-3-4-12(18)19/h5-6,8,13,15,21H,3-4,7H2,1-2H3. The Bertz CT molecular complexity index is 626. The molecule has 0 aromatic heterocycles. The highest BCUT2D eigenvalue weighted by Crippen LogP contribution is 2.45. The van der Waals surface area contributed by atoms with Crippen LogP contribution in [-0.2, 0) is 4.79 Å². The van der Waals surface area contributed by atoms with Crippen LogP contribution in [0.3, 0.4) is 0 Å². The van der Waals surface area contributed by atoms with Gasteiger partial charge in [0.2, 0.25) is 5.91 Å². The van der Waals surface area contributed by atoms with E-state index in [-0.39, 0.29) is 11.7 Å². The molecule has 0 bridgehead atoms. The molecule has 1 aromatic rings. The molecule has 1 aliphatic carbocycles. The van der Waals surface area contributed by atoms with Gasteiger partial charge in [-0.05, 0) is 44.0 Å². The fourth-order valence-corrected chi connectivity index (χ4v) is 3.71. The van der Waals surface area contributed by atoms with Crippen LogP contribution in [0.15, 0.2) is 22.7 Å². The highest BCUT2D eigenvalue weighted by Gasteiger charge is 2.50. The maximum absolute atomic E-state index is 12.6. The molecule has 2 unspecified atom stereocenters. The third kappa shape index (κ3) is 2.14. The lowest BCUT2D eigenvalue weighted by atomic mass is 9.68. The van der Waals surface area contributed by atoms with Crippen LogP contribution in [0.2, 0.25) is 0 Å². The zero-order valence-electron chi connectivity index (χ0n) is 12.1. The third-order valence-corrected chi connectivity index (χ3v) is 5.14. The largest absolute Gasteiger partial charge is 0.390 e. The lowest BCUT2D eigenvalue weighted by Gasteiger charge is -2.44. The Labute approximate surface area is 132 Å². The van der Waals surface area contributed by atoms with Crippen LogP contribution in [0.5, 0.6) is 0 Å². The molecule has 0 spiro atoms. The van der Waals surface area contributed by atoms with Crippen molar-refractivity contribution in [2.24, 2.45) is 5.41 Å². The number of carbonyl (C=O) groups is 2. The average molecular weight is 352 g/mol. The Morgan fingerprint density at radius 2 is 2.05 bits per heavy atom. The summed E-state index contributed by atoms with van der Waals surface area (Å²) in [6.07, 6.45) is 0.426. The van der Waals surface area contributed by atoms with Gasteiger partial charge in [-0.1, -0.05) is 15.9 Å². The van der Waals surface area contributed by atoms with Crippen LogP contribution >= 0.6 is 15.9 Å². The van der Waals surface area contributed by atoms with Gasteiger partial charge in [0.1, 0.15) is 0 Å². The van der Waals surface area contributed by atoms with Gasteiger partial charge in [-0.25, -0.2) is 0 Å². The van der Waals surface area contributed by atoms with Gasteiger partial charge in [0, 0.05) is 23.0 Å². The number of Topliss-reactive ketones (excluding diaryl/α,β-unsaturated/α-hetero) is 1. The number of amides is 1. The van der Waals surface area contributed by atoms with Gasteiger partial charge >= 0.3 is 0 Å². The number of likely N-dealkylation sites (tertiary alicyclic amines) is 1. The van der Waals surface area contributed by atoms with Gasteiger partial charge in [-0.3, -0.25) is 9.59 Å². The highest BCUT2D eigenvalue weighted by molar-refractivity contribution is 9.10. The number of aliphatic hydroxyl groups excluding tert-OH is 1. The van der Waals surface area contributed by atoms with Crippen molar-refractivity contribution in [2.75, 3.05) is 6.54 Å². The molecule has 1 N–H and O–H groups in total. The number of aliphatic hydroxyl groups is 1. The number of halogens is 1. The Kier molecular flexibility index (Phi) is 3.45. The molecular weight excluding hydrogens is 334 g/mol. The normalized spacial score (nSPS) is 27.9. The van der Waals surface area contributed by atoms with E-state index in [1.54, 1.807) is 24.8 Å². The molecule has 1 aromatic carbocycles. The molecule has 21 heavy (non-hydrogen) atoms. The topological polar surface area (TPSA) is 57.6 Å². The van der Waals surface area contributed by atoms with E-state index in [0.717, 1.165) is 16.5 Å². The fraction of sp³-hybridized carbons (Fsp3) is 0.500. The average Bonchev–Trinajstić information content (AvgIpc) is 2.83. The lowest BCUT2D eigenvalue weighted by molar-refractivity contribution is -0.134. The first-order chi connectivity index (χ1) is 9.84. The van der Waals surface area contributed by atoms with Crippen LogP contribution in [0.1, 0.15) is 48.7 Å². The Morgan fingerprint density at radius 3 is 2.67 bits per heavy atom. The molecule has 1 heterocycles. The van der Waals surface area contributed by atoms with Crippen molar-refractivity contribution in [1.82, 2.24) is 4.90 Å². The fourth-order valence-electron chi connectivity index (χ4n) is 3.33. The molecule has 1 saturated heterocycles. The summed E-state index contributed by atoms with van der Waals surface area (Å²) in [5, 5.41) is 10.8. The number of ketones is 1. The van der Waals surface area contributed by atoms with Gasteiger partial charge in [0.05, 0.1) is 17.6 Å². The van der Waals surface area contributed by atoms with Crippen LogP contribution in [-0.4, -0.2) is 34.3 Å². The second-order valence-electron chi connectivity index (χ2n) is 6.36. The molecule has 4 nitrogen and oxygen atoms in total. The van der Waals surface area contributed by atoms with Crippen molar-refractivity contribution < 1.29 is 14.7 Å². The molecule has 2 atom stereocenters. The monoisotopic (exact) mass is 351 g/mol. The molecule has 112 valence electrons. The van der Waals surface area contributed by atoms with Gasteiger partial charge in [-0.2, -0.15) is 0 Å². The number of hydrogen-bond donors (Lipinski definition) is 1. The van der Waals surface area contributed by atoms with Crippen molar-refractivity contribution in [3.8, 4) is 0 Å². The van der Waals surface area contributed by atoms with Crippen molar-refractivity contribution in [3.05, 3.63) is 33.8 Å². The second-order valence-corrected chi connectivity index (χ2v) is 7.28. The number of carbonyl (C=O) groups excluding carboxylic acids is 2. The Hall–Kier alpha value is -1.20. The SMILES string of the molecule is CC1(C)C(=O)c2ccc(Br)cc2C(N2CCCC2=O)C1O. The zero-order valence-corrected chi connectivity index (χ0v) is 13.7. The van der Waals surface area contributed by atoms with E-state index in [2.05, 4.69) is 15.9 Å². The van der Waals surface area contributed by atoms with Crippen molar-refractivity contribution >= 4 is 27.6 Å². The molecule has 1 aliphatic heterocycles. The number of hydrogen-bond acceptors (Lipinski definition) is 3. The van der Waals surface area contributed by atoms with Crippen LogP contribution in [0, 0.1) is 5.41 Å². The maximum Gasteiger partial charge on any atom is 0.223 e. The van der Waals surface area contributed by atoms with Gasteiger partial charge in [0.25, 0.3) is 0 Å². The number of benzene rings is 1. The molecule has 1 fully saturated rings. The summed E-state index contributed by atoms with van der Waals surface area (Å²) in [6, 6.07) is 5.01. The number of fused-ring (bicyclic) bond motifs is 1. The Morgan fingerprint density at radius 1 is 1.33 bits per heavy atom. The number of nitrogens with zero attached hydrogens (tertiary/aromatic N) is 1. The predicted molar refractivity (Wildman–Crippen MR) is 81.9 cm³/mol. The predicted octanol–water partition coefficient (Wildman–Crippen LogP) is 2.70. The van der Waals surface area contributed by atoms with Crippen LogP contribution in [0.4, 0.5) is 0 Å². The Balaban J connectivity index is 2.18. The molecular formula is C16H18BrNO3. The van der Waals surface area contributed by atoms with E-state index >= 15 is 0 Å². The summed E-state index contributed by atoms with van der Waals surface area (Å²) in [5.41, 5.74) is 0.462. The first-order valence-electron chi connectivity index (χ1n) is 7.16. The molecule has 0 saturated carbocycles. The lowest BCUT2D eigenvalue weighted by Crippen LogP contribution is -2.51. The van der Waals surface area contributed by atoms with E-state index in [1.807, 2.05) is 12.1 Å². The molecule has 1 amide bonds. The van der Waals surface area contributed by atoms with Crippen LogP contribution < -0.4 is 0 Å². The van der Waals surface area contributed by atoms with E-state index in [0.29, 0.717) is 18.5 Å². The minimum Gasteiger partial charge on any atom is -0.390 e. The minimum absolute atomic E-state index is 0.0510. The maximum atomic E-state index is 12.6. The third-order valence-electron chi connectivity index (χ3n) is 4.65. The highest BCUT2D eigenvalue weighted by atomic mass is 79.9. The molecule has 2 aliphatic rings. The van der Waals surface area contributed by atoms with Crippen molar-refractivity contribution in [3.63, 3.8) is 0 Å². The summed E-state index contributed by atoms with van der Waals surface area (Å²) in [5.74, 6) is -0.0180. The van der Waals surface area contributed by atoms with Crippen molar-refractivity contribution in [1.29, 1.82) is 0 Å². The van der Waals surface area contributed by atoms with E-state index in [1.165, 1.54) is 0 Å². The van der Waals surface area contributed by atoms with E-state index in [9.17, 15) is 14.7 Å². The first kappa shape index (κ1) is 14.7. The smallest absolute Gasteiger partial charge is 0.223 e. The van der Waals surface area contributed by atoms with E-state index < -0.39 is 17.6 Å².